The Hall–Kier alpha value is -2.67. The molecule has 0 aliphatic carbocycles. The predicted molar refractivity (Wildman–Crippen MR) is 77.3 cm³/mol. The number of carboxylic acids is 1. The maximum absolute atomic E-state index is 12.8. The number of hydrogen-bond acceptors (Lipinski definition) is 4. The third-order valence-electron chi connectivity index (χ3n) is 2.61. The quantitative estimate of drug-likeness (QED) is 0.676. The van der Waals surface area contributed by atoms with Crippen molar-refractivity contribution in [3.8, 4) is 5.75 Å². The first kappa shape index (κ1) is 15.7. The number of carboxylic acid groups (broad SMARTS) is 1. The van der Waals surface area contributed by atoms with Crippen molar-refractivity contribution < 1.29 is 26.9 Å². The van der Waals surface area contributed by atoms with Gasteiger partial charge in [0.25, 0.3) is 0 Å². The maximum atomic E-state index is 12.8. The van der Waals surface area contributed by atoms with E-state index in [1.807, 2.05) is 0 Å². The lowest BCUT2D eigenvalue weighted by molar-refractivity contribution is -0.131. The van der Waals surface area contributed by atoms with E-state index >= 15 is 0 Å². The van der Waals surface area contributed by atoms with Gasteiger partial charge in [0.2, 0.25) is 0 Å². The monoisotopic (exact) mass is 322 g/mol. The standard InChI is InChI=1S/C15H11FO5S/c16-12-4-8-14(9-5-12)22(19,20)21-13-6-1-11(2-7-13)3-10-15(17)18/h1-10H,(H,17,18). The van der Waals surface area contributed by atoms with Crippen LogP contribution in [0.2, 0.25) is 0 Å². The molecule has 0 spiro atoms. The van der Waals surface area contributed by atoms with E-state index in [9.17, 15) is 17.6 Å². The lowest BCUT2D eigenvalue weighted by atomic mass is 10.2. The Morgan fingerprint density at radius 1 is 1.05 bits per heavy atom. The van der Waals surface area contributed by atoms with E-state index in [0.29, 0.717) is 5.56 Å². The van der Waals surface area contributed by atoms with Gasteiger partial charge in [-0.15, -0.1) is 0 Å². The van der Waals surface area contributed by atoms with Crippen LogP contribution >= 0.6 is 0 Å². The highest BCUT2D eigenvalue weighted by atomic mass is 32.2. The van der Waals surface area contributed by atoms with Crippen LogP contribution in [0, 0.1) is 5.82 Å². The van der Waals surface area contributed by atoms with E-state index < -0.39 is 21.9 Å². The summed E-state index contributed by atoms with van der Waals surface area (Å²) in [6, 6.07) is 10.1. The van der Waals surface area contributed by atoms with Crippen molar-refractivity contribution in [3.63, 3.8) is 0 Å². The highest BCUT2D eigenvalue weighted by Gasteiger charge is 2.16. The summed E-state index contributed by atoms with van der Waals surface area (Å²) in [4.78, 5) is 10.2. The molecule has 0 aliphatic rings. The summed E-state index contributed by atoms with van der Waals surface area (Å²) < 4.78 is 41.7. The molecular weight excluding hydrogens is 311 g/mol. The molecule has 114 valence electrons. The van der Waals surface area contributed by atoms with Crippen molar-refractivity contribution in [2.75, 3.05) is 0 Å². The van der Waals surface area contributed by atoms with Crippen LogP contribution in [0.25, 0.3) is 6.08 Å². The molecule has 0 fully saturated rings. The largest absolute Gasteiger partial charge is 0.478 e. The van der Waals surface area contributed by atoms with Gasteiger partial charge in [-0.1, -0.05) is 12.1 Å². The van der Waals surface area contributed by atoms with E-state index in [-0.39, 0.29) is 10.6 Å². The number of hydrogen-bond donors (Lipinski definition) is 1. The second-order valence-electron chi connectivity index (χ2n) is 4.23. The third kappa shape index (κ3) is 4.16. The van der Waals surface area contributed by atoms with Gasteiger partial charge in [0.05, 0.1) is 0 Å². The molecule has 0 unspecified atom stereocenters. The lowest BCUT2D eigenvalue weighted by Gasteiger charge is -2.07. The van der Waals surface area contributed by atoms with Gasteiger partial charge < -0.3 is 9.29 Å². The molecule has 0 aromatic heterocycles. The van der Waals surface area contributed by atoms with Gasteiger partial charge in [0, 0.05) is 6.08 Å². The van der Waals surface area contributed by atoms with Crippen LogP contribution in [0.15, 0.2) is 59.5 Å². The van der Waals surface area contributed by atoms with Gasteiger partial charge in [-0.3, -0.25) is 0 Å². The minimum Gasteiger partial charge on any atom is -0.478 e. The van der Waals surface area contributed by atoms with Crippen LogP contribution in [0.5, 0.6) is 5.75 Å². The van der Waals surface area contributed by atoms with Crippen molar-refractivity contribution in [1.82, 2.24) is 0 Å². The van der Waals surface area contributed by atoms with E-state index in [0.717, 1.165) is 30.3 Å². The van der Waals surface area contributed by atoms with Crippen LogP contribution in [0.3, 0.4) is 0 Å². The number of rotatable bonds is 5. The van der Waals surface area contributed by atoms with Gasteiger partial charge in [-0.2, -0.15) is 8.42 Å². The zero-order valence-electron chi connectivity index (χ0n) is 11.1. The minimum absolute atomic E-state index is 0.0665. The fourth-order valence-electron chi connectivity index (χ4n) is 1.58. The molecule has 2 aromatic rings. The Bertz CT molecular complexity index is 793. The number of carbonyl (C=O) groups is 1. The Labute approximate surface area is 126 Å². The molecule has 0 amide bonds. The van der Waals surface area contributed by atoms with E-state index in [1.165, 1.54) is 30.3 Å². The smallest absolute Gasteiger partial charge is 0.339 e. The number of aliphatic carboxylic acids is 1. The highest BCUT2D eigenvalue weighted by Crippen LogP contribution is 2.19. The number of halogens is 1. The highest BCUT2D eigenvalue weighted by molar-refractivity contribution is 7.87. The first-order valence-corrected chi connectivity index (χ1v) is 7.49. The summed E-state index contributed by atoms with van der Waals surface area (Å²) in [5, 5.41) is 8.51. The molecule has 2 aromatic carbocycles. The molecule has 22 heavy (non-hydrogen) atoms. The molecule has 0 heterocycles. The van der Waals surface area contributed by atoms with Gasteiger partial charge in [0.15, 0.2) is 0 Å². The van der Waals surface area contributed by atoms with Crippen molar-refractivity contribution in [2.24, 2.45) is 0 Å². The molecule has 0 saturated heterocycles. The average molecular weight is 322 g/mol. The van der Waals surface area contributed by atoms with Crippen molar-refractivity contribution >= 4 is 22.2 Å². The molecule has 2 rings (SSSR count). The van der Waals surface area contributed by atoms with E-state index in [2.05, 4.69) is 0 Å². The fourth-order valence-corrected chi connectivity index (χ4v) is 2.51. The zero-order valence-corrected chi connectivity index (χ0v) is 12.0. The molecule has 0 radical (unpaired) electrons. The van der Waals surface area contributed by atoms with Crippen LogP contribution in [-0.4, -0.2) is 19.5 Å². The molecule has 0 bridgehead atoms. The Morgan fingerprint density at radius 2 is 1.64 bits per heavy atom. The molecular formula is C15H11FO5S. The second kappa shape index (κ2) is 6.40. The molecule has 0 atom stereocenters. The third-order valence-corrected chi connectivity index (χ3v) is 3.87. The van der Waals surface area contributed by atoms with Crippen molar-refractivity contribution in [2.45, 2.75) is 4.90 Å². The van der Waals surface area contributed by atoms with Gasteiger partial charge in [0.1, 0.15) is 16.5 Å². The topological polar surface area (TPSA) is 80.7 Å². The molecule has 7 heteroatoms. The van der Waals surface area contributed by atoms with Crippen molar-refractivity contribution in [3.05, 3.63) is 66.0 Å². The molecule has 0 saturated carbocycles. The Kier molecular flexibility index (Phi) is 4.57. The normalized spacial score (nSPS) is 11.5. The first-order chi connectivity index (χ1) is 10.4. The lowest BCUT2D eigenvalue weighted by Crippen LogP contribution is -2.09. The van der Waals surface area contributed by atoms with Gasteiger partial charge in [-0.05, 0) is 48.0 Å². The van der Waals surface area contributed by atoms with Gasteiger partial charge in [-0.25, -0.2) is 9.18 Å². The fraction of sp³-hybridized carbons (Fsp3) is 0. The predicted octanol–water partition coefficient (Wildman–Crippen LogP) is 2.69. The first-order valence-electron chi connectivity index (χ1n) is 6.08. The Balaban J connectivity index is 2.16. The molecule has 0 aliphatic heterocycles. The van der Waals surface area contributed by atoms with E-state index in [4.69, 9.17) is 9.29 Å². The number of benzene rings is 2. The Morgan fingerprint density at radius 3 is 2.18 bits per heavy atom. The van der Waals surface area contributed by atoms with Gasteiger partial charge >= 0.3 is 16.1 Å². The van der Waals surface area contributed by atoms with E-state index in [1.54, 1.807) is 0 Å². The minimum atomic E-state index is -4.05. The summed E-state index contributed by atoms with van der Waals surface area (Å²) in [6.07, 6.45) is 2.33. The maximum Gasteiger partial charge on any atom is 0.339 e. The molecule has 1 N–H and O–H groups in total. The summed E-state index contributed by atoms with van der Waals surface area (Å²) in [6.45, 7) is 0. The summed E-state index contributed by atoms with van der Waals surface area (Å²) >= 11 is 0. The second-order valence-corrected chi connectivity index (χ2v) is 5.78. The zero-order chi connectivity index (χ0) is 16.2. The van der Waals surface area contributed by atoms with Crippen LogP contribution < -0.4 is 4.18 Å². The average Bonchev–Trinajstić information content (AvgIpc) is 2.46. The SMILES string of the molecule is O=C(O)C=Cc1ccc(OS(=O)(=O)c2ccc(F)cc2)cc1. The summed E-state index contributed by atoms with van der Waals surface area (Å²) in [5.74, 6) is -1.57. The summed E-state index contributed by atoms with van der Waals surface area (Å²) in [5.41, 5.74) is 0.578. The van der Waals surface area contributed by atoms with Crippen LogP contribution in [-0.2, 0) is 14.9 Å². The van der Waals surface area contributed by atoms with Crippen molar-refractivity contribution in [1.29, 1.82) is 0 Å². The summed E-state index contributed by atoms with van der Waals surface area (Å²) in [7, 11) is -4.05. The van der Waals surface area contributed by atoms with Crippen LogP contribution in [0.4, 0.5) is 4.39 Å². The van der Waals surface area contributed by atoms with Crippen LogP contribution in [0.1, 0.15) is 5.56 Å². The molecule has 5 nitrogen and oxygen atoms in total.